The molecule has 0 aliphatic heterocycles. The van der Waals surface area contributed by atoms with Gasteiger partial charge in [-0.1, -0.05) is 39.0 Å². The topological polar surface area (TPSA) is 47.6 Å². The Morgan fingerprint density at radius 3 is 2.24 bits per heavy atom. The molecule has 0 spiro atoms. The van der Waals surface area contributed by atoms with E-state index in [1.165, 1.54) is 0 Å². The van der Waals surface area contributed by atoms with Gasteiger partial charge in [-0.3, -0.25) is 4.79 Å². The lowest BCUT2D eigenvalue weighted by atomic mass is 9.87. The molecule has 0 atom stereocenters. The van der Waals surface area contributed by atoms with Gasteiger partial charge in [0.05, 0.1) is 19.9 Å². The molecule has 0 bridgehead atoms. The number of hydrogen-bond donors (Lipinski definition) is 1. The minimum absolute atomic E-state index is 0.00877. The van der Waals surface area contributed by atoms with Crippen molar-refractivity contribution in [2.45, 2.75) is 39.0 Å². The lowest BCUT2D eigenvalue weighted by Gasteiger charge is -2.21. The van der Waals surface area contributed by atoms with Crippen LogP contribution in [0.3, 0.4) is 0 Å². The lowest BCUT2D eigenvalue weighted by Crippen LogP contribution is -2.15. The van der Waals surface area contributed by atoms with Gasteiger partial charge in [-0.05, 0) is 47.2 Å². The van der Waals surface area contributed by atoms with Gasteiger partial charge in [-0.25, -0.2) is 0 Å². The van der Waals surface area contributed by atoms with Crippen molar-refractivity contribution in [2.24, 2.45) is 0 Å². The maximum Gasteiger partial charge on any atom is 0.224 e. The van der Waals surface area contributed by atoms with Crippen molar-refractivity contribution >= 4 is 11.6 Å². The van der Waals surface area contributed by atoms with Crippen molar-refractivity contribution in [1.82, 2.24) is 0 Å². The fourth-order valence-corrected chi connectivity index (χ4v) is 2.53. The molecular formula is C21H27NO3. The first-order valence-electron chi connectivity index (χ1n) is 8.45. The molecule has 0 aliphatic rings. The Labute approximate surface area is 150 Å². The summed E-state index contributed by atoms with van der Waals surface area (Å²) >= 11 is 0. The normalized spacial score (nSPS) is 11.1. The third kappa shape index (κ3) is 5.24. The number of methoxy groups -OCH3 is 2. The number of rotatable bonds is 6. The molecule has 2 aromatic rings. The summed E-state index contributed by atoms with van der Waals surface area (Å²) in [6.45, 7) is 6.43. The monoisotopic (exact) mass is 341 g/mol. The summed E-state index contributed by atoms with van der Waals surface area (Å²) in [4.78, 5) is 12.3. The fraction of sp³-hybridized carbons (Fsp3) is 0.381. The van der Waals surface area contributed by atoms with Crippen LogP contribution in [0.1, 0.15) is 38.3 Å². The predicted molar refractivity (Wildman–Crippen MR) is 102 cm³/mol. The molecule has 0 aliphatic carbocycles. The van der Waals surface area contributed by atoms with Gasteiger partial charge in [0.15, 0.2) is 0 Å². The van der Waals surface area contributed by atoms with Gasteiger partial charge in [-0.15, -0.1) is 0 Å². The molecule has 1 N–H and O–H groups in total. The standard InChI is InChI=1S/C21H27NO3/c1-21(2,3)16-9-12-19(25-5)18(14-16)22-20(23)13-8-15-6-10-17(24-4)11-7-15/h6-7,9-12,14H,8,13H2,1-5H3,(H,22,23). The van der Waals surface area contributed by atoms with Crippen LogP contribution in [-0.4, -0.2) is 20.1 Å². The number of amides is 1. The molecule has 4 heteroatoms. The van der Waals surface area contributed by atoms with Gasteiger partial charge in [0.25, 0.3) is 0 Å². The van der Waals surface area contributed by atoms with Crippen molar-refractivity contribution in [1.29, 1.82) is 0 Å². The molecule has 25 heavy (non-hydrogen) atoms. The van der Waals surface area contributed by atoms with Crippen LogP contribution in [-0.2, 0) is 16.6 Å². The van der Waals surface area contributed by atoms with Crippen molar-refractivity contribution in [3.05, 3.63) is 53.6 Å². The van der Waals surface area contributed by atoms with Crippen LogP contribution in [0, 0.1) is 0 Å². The Balaban J connectivity index is 2.03. The first-order valence-corrected chi connectivity index (χ1v) is 8.45. The van der Waals surface area contributed by atoms with Crippen LogP contribution < -0.4 is 14.8 Å². The number of carbonyl (C=O) groups excluding carboxylic acids is 1. The van der Waals surface area contributed by atoms with Gasteiger partial charge in [0.1, 0.15) is 11.5 Å². The number of ether oxygens (including phenoxy) is 2. The number of anilines is 1. The minimum Gasteiger partial charge on any atom is -0.497 e. The van der Waals surface area contributed by atoms with Crippen LogP contribution in [0.2, 0.25) is 0 Å². The molecule has 134 valence electrons. The summed E-state index contributed by atoms with van der Waals surface area (Å²) in [6.07, 6.45) is 1.09. The summed E-state index contributed by atoms with van der Waals surface area (Å²) in [7, 11) is 3.25. The second-order valence-corrected chi connectivity index (χ2v) is 7.06. The average Bonchev–Trinajstić information content (AvgIpc) is 2.59. The van der Waals surface area contributed by atoms with Crippen LogP contribution >= 0.6 is 0 Å². The summed E-state index contributed by atoms with van der Waals surface area (Å²) in [5.74, 6) is 1.46. The average molecular weight is 341 g/mol. The maximum atomic E-state index is 12.3. The molecule has 4 nitrogen and oxygen atoms in total. The molecular weight excluding hydrogens is 314 g/mol. The second kappa shape index (κ2) is 8.06. The zero-order valence-electron chi connectivity index (χ0n) is 15.7. The molecule has 0 unspecified atom stereocenters. The molecule has 2 aromatic carbocycles. The molecule has 2 rings (SSSR count). The highest BCUT2D eigenvalue weighted by molar-refractivity contribution is 5.92. The van der Waals surface area contributed by atoms with E-state index in [1.54, 1.807) is 14.2 Å². The quantitative estimate of drug-likeness (QED) is 0.837. The fourth-order valence-electron chi connectivity index (χ4n) is 2.53. The van der Waals surface area contributed by atoms with E-state index in [4.69, 9.17) is 9.47 Å². The van der Waals surface area contributed by atoms with Gasteiger partial charge in [0.2, 0.25) is 5.91 Å². The van der Waals surface area contributed by atoms with E-state index in [2.05, 4.69) is 26.1 Å². The third-order valence-corrected chi connectivity index (χ3v) is 4.14. The number of hydrogen-bond acceptors (Lipinski definition) is 3. The Bertz CT molecular complexity index is 715. The molecule has 0 fully saturated rings. The highest BCUT2D eigenvalue weighted by Crippen LogP contribution is 2.31. The molecule has 0 radical (unpaired) electrons. The number of benzene rings is 2. The highest BCUT2D eigenvalue weighted by atomic mass is 16.5. The van der Waals surface area contributed by atoms with Crippen LogP contribution in [0.15, 0.2) is 42.5 Å². The Morgan fingerprint density at radius 2 is 1.68 bits per heavy atom. The number of aryl methyl sites for hydroxylation is 1. The molecule has 0 saturated carbocycles. The van der Waals surface area contributed by atoms with Crippen LogP contribution in [0.25, 0.3) is 0 Å². The van der Waals surface area contributed by atoms with Gasteiger partial charge in [0, 0.05) is 6.42 Å². The van der Waals surface area contributed by atoms with E-state index in [-0.39, 0.29) is 11.3 Å². The zero-order valence-corrected chi connectivity index (χ0v) is 15.7. The number of nitrogens with one attached hydrogen (secondary N) is 1. The predicted octanol–water partition coefficient (Wildman–Crippen LogP) is 4.57. The lowest BCUT2D eigenvalue weighted by molar-refractivity contribution is -0.116. The van der Waals surface area contributed by atoms with E-state index in [1.807, 2.05) is 42.5 Å². The maximum absolute atomic E-state index is 12.3. The SMILES string of the molecule is COc1ccc(CCC(=O)Nc2cc(C(C)(C)C)ccc2OC)cc1. The molecule has 0 aromatic heterocycles. The summed E-state index contributed by atoms with van der Waals surface area (Å²) in [6, 6.07) is 13.7. The van der Waals surface area contributed by atoms with Crippen molar-refractivity contribution < 1.29 is 14.3 Å². The highest BCUT2D eigenvalue weighted by Gasteiger charge is 2.17. The number of carbonyl (C=O) groups is 1. The van der Waals surface area contributed by atoms with Crippen molar-refractivity contribution in [3.63, 3.8) is 0 Å². The smallest absolute Gasteiger partial charge is 0.224 e. The Kier molecular flexibility index (Phi) is 6.07. The van der Waals surface area contributed by atoms with E-state index in [0.717, 1.165) is 22.6 Å². The van der Waals surface area contributed by atoms with Gasteiger partial charge < -0.3 is 14.8 Å². The van der Waals surface area contributed by atoms with Gasteiger partial charge >= 0.3 is 0 Å². The zero-order chi connectivity index (χ0) is 18.4. The van der Waals surface area contributed by atoms with E-state index >= 15 is 0 Å². The largest absolute Gasteiger partial charge is 0.497 e. The van der Waals surface area contributed by atoms with Gasteiger partial charge in [-0.2, -0.15) is 0 Å². The first kappa shape index (κ1) is 18.8. The minimum atomic E-state index is -0.0276. The Morgan fingerprint density at radius 1 is 1.00 bits per heavy atom. The summed E-state index contributed by atoms with van der Waals surface area (Å²) < 4.78 is 10.5. The van der Waals surface area contributed by atoms with Crippen molar-refractivity contribution in [3.8, 4) is 11.5 Å². The third-order valence-electron chi connectivity index (χ3n) is 4.14. The Hall–Kier alpha value is -2.49. The first-order chi connectivity index (χ1) is 11.8. The summed E-state index contributed by atoms with van der Waals surface area (Å²) in [5, 5.41) is 2.98. The second-order valence-electron chi connectivity index (χ2n) is 7.06. The van der Waals surface area contributed by atoms with E-state index < -0.39 is 0 Å². The molecule has 0 saturated heterocycles. The molecule has 0 heterocycles. The molecule has 1 amide bonds. The van der Waals surface area contributed by atoms with E-state index in [9.17, 15) is 4.79 Å². The van der Waals surface area contributed by atoms with Crippen molar-refractivity contribution in [2.75, 3.05) is 19.5 Å². The van der Waals surface area contributed by atoms with Crippen LogP contribution in [0.5, 0.6) is 11.5 Å². The van der Waals surface area contributed by atoms with Crippen LogP contribution in [0.4, 0.5) is 5.69 Å². The summed E-state index contributed by atoms with van der Waals surface area (Å²) in [5.41, 5.74) is 2.98. The van der Waals surface area contributed by atoms with E-state index in [0.29, 0.717) is 18.6 Å².